The molecule has 0 saturated carbocycles. The fourth-order valence-electron chi connectivity index (χ4n) is 2.11. The summed E-state index contributed by atoms with van der Waals surface area (Å²) in [6, 6.07) is 0.629. The summed E-state index contributed by atoms with van der Waals surface area (Å²) in [5, 5.41) is 12.6. The standard InChI is InChI=1S/C14H31NO/c1-4-6-7-9-13(3)15-12-14(8-5-2)10-11-16/h13-16H,4-12H2,1-3H3. The van der Waals surface area contributed by atoms with E-state index in [4.69, 9.17) is 5.11 Å². The summed E-state index contributed by atoms with van der Waals surface area (Å²) in [4.78, 5) is 0. The van der Waals surface area contributed by atoms with Crippen LogP contribution in [0.2, 0.25) is 0 Å². The number of hydrogen-bond acceptors (Lipinski definition) is 2. The first-order valence-electron chi connectivity index (χ1n) is 7.08. The van der Waals surface area contributed by atoms with Crippen molar-refractivity contribution in [3.05, 3.63) is 0 Å². The van der Waals surface area contributed by atoms with Gasteiger partial charge in [-0.1, -0.05) is 39.5 Å². The van der Waals surface area contributed by atoms with Gasteiger partial charge in [-0.05, 0) is 38.6 Å². The molecule has 0 bridgehead atoms. The lowest BCUT2D eigenvalue weighted by molar-refractivity contribution is 0.245. The van der Waals surface area contributed by atoms with Crippen molar-refractivity contribution in [2.75, 3.05) is 13.2 Å². The van der Waals surface area contributed by atoms with Crippen LogP contribution >= 0.6 is 0 Å². The van der Waals surface area contributed by atoms with Gasteiger partial charge >= 0.3 is 0 Å². The topological polar surface area (TPSA) is 32.3 Å². The molecule has 0 aromatic carbocycles. The maximum Gasteiger partial charge on any atom is 0.0434 e. The highest BCUT2D eigenvalue weighted by Crippen LogP contribution is 2.10. The van der Waals surface area contributed by atoms with Gasteiger partial charge in [0.25, 0.3) is 0 Å². The van der Waals surface area contributed by atoms with Crippen LogP contribution in [0.1, 0.15) is 65.7 Å². The number of rotatable bonds is 11. The van der Waals surface area contributed by atoms with E-state index in [1.165, 1.54) is 38.5 Å². The van der Waals surface area contributed by atoms with Crippen LogP contribution in [0.3, 0.4) is 0 Å². The Labute approximate surface area is 102 Å². The second kappa shape index (κ2) is 11.4. The van der Waals surface area contributed by atoms with Gasteiger partial charge in [-0.2, -0.15) is 0 Å². The predicted molar refractivity (Wildman–Crippen MR) is 71.7 cm³/mol. The average molecular weight is 229 g/mol. The molecular formula is C14H31NO. The van der Waals surface area contributed by atoms with E-state index in [1.807, 2.05) is 0 Å². The van der Waals surface area contributed by atoms with Crippen LogP contribution in [-0.4, -0.2) is 24.3 Å². The number of unbranched alkanes of at least 4 members (excludes halogenated alkanes) is 2. The van der Waals surface area contributed by atoms with Crippen molar-refractivity contribution in [2.24, 2.45) is 5.92 Å². The largest absolute Gasteiger partial charge is 0.396 e. The van der Waals surface area contributed by atoms with Crippen LogP contribution in [0.25, 0.3) is 0 Å². The van der Waals surface area contributed by atoms with Gasteiger partial charge in [-0.3, -0.25) is 0 Å². The lowest BCUT2D eigenvalue weighted by Gasteiger charge is -2.19. The van der Waals surface area contributed by atoms with Crippen LogP contribution < -0.4 is 5.32 Å². The molecule has 2 nitrogen and oxygen atoms in total. The molecule has 0 heterocycles. The minimum Gasteiger partial charge on any atom is -0.396 e. The molecule has 0 saturated heterocycles. The molecule has 2 unspecified atom stereocenters. The molecule has 0 amide bonds. The number of nitrogens with one attached hydrogen (secondary N) is 1. The molecule has 2 N–H and O–H groups in total. The van der Waals surface area contributed by atoms with E-state index in [-0.39, 0.29) is 0 Å². The van der Waals surface area contributed by atoms with Crippen molar-refractivity contribution in [1.82, 2.24) is 5.32 Å². The van der Waals surface area contributed by atoms with Gasteiger partial charge < -0.3 is 10.4 Å². The second-order valence-corrected chi connectivity index (χ2v) is 4.97. The van der Waals surface area contributed by atoms with Crippen LogP contribution in [0.15, 0.2) is 0 Å². The molecule has 2 atom stereocenters. The Kier molecular flexibility index (Phi) is 11.3. The summed E-state index contributed by atoms with van der Waals surface area (Å²) < 4.78 is 0. The smallest absolute Gasteiger partial charge is 0.0434 e. The summed E-state index contributed by atoms with van der Waals surface area (Å²) in [7, 11) is 0. The highest BCUT2D eigenvalue weighted by atomic mass is 16.3. The zero-order valence-corrected chi connectivity index (χ0v) is 11.5. The zero-order chi connectivity index (χ0) is 12.2. The second-order valence-electron chi connectivity index (χ2n) is 4.97. The summed E-state index contributed by atoms with van der Waals surface area (Å²) >= 11 is 0. The van der Waals surface area contributed by atoms with Crippen molar-refractivity contribution >= 4 is 0 Å². The molecule has 0 rings (SSSR count). The fraction of sp³-hybridized carbons (Fsp3) is 1.00. The molecular weight excluding hydrogens is 198 g/mol. The Morgan fingerprint density at radius 3 is 2.31 bits per heavy atom. The normalized spacial score (nSPS) is 15.0. The Balaban J connectivity index is 3.56. The first-order chi connectivity index (χ1) is 7.74. The van der Waals surface area contributed by atoms with Crippen molar-refractivity contribution < 1.29 is 5.11 Å². The van der Waals surface area contributed by atoms with Crippen molar-refractivity contribution in [3.63, 3.8) is 0 Å². The number of hydrogen-bond donors (Lipinski definition) is 2. The Bertz CT molecular complexity index is 133. The summed E-state index contributed by atoms with van der Waals surface area (Å²) in [6.07, 6.45) is 8.67. The minimum atomic E-state index is 0.330. The minimum absolute atomic E-state index is 0.330. The van der Waals surface area contributed by atoms with Crippen LogP contribution in [-0.2, 0) is 0 Å². The van der Waals surface area contributed by atoms with Crippen LogP contribution in [0, 0.1) is 5.92 Å². The van der Waals surface area contributed by atoms with Gasteiger partial charge in [-0.25, -0.2) is 0 Å². The third-order valence-electron chi connectivity index (χ3n) is 3.23. The van der Waals surface area contributed by atoms with Crippen molar-refractivity contribution in [1.29, 1.82) is 0 Å². The molecule has 0 fully saturated rings. The van der Waals surface area contributed by atoms with Gasteiger partial charge in [0.05, 0.1) is 0 Å². The first-order valence-corrected chi connectivity index (χ1v) is 7.08. The highest BCUT2D eigenvalue weighted by Gasteiger charge is 2.08. The van der Waals surface area contributed by atoms with Crippen molar-refractivity contribution in [3.8, 4) is 0 Å². The summed E-state index contributed by atoms with van der Waals surface area (Å²) in [6.45, 7) is 8.14. The van der Waals surface area contributed by atoms with E-state index in [2.05, 4.69) is 26.1 Å². The number of aliphatic hydroxyl groups is 1. The lowest BCUT2D eigenvalue weighted by Crippen LogP contribution is -2.31. The predicted octanol–water partition coefficient (Wildman–Crippen LogP) is 3.34. The maximum absolute atomic E-state index is 8.97. The quantitative estimate of drug-likeness (QED) is 0.533. The molecule has 0 spiro atoms. The maximum atomic E-state index is 8.97. The molecule has 0 aliphatic carbocycles. The van der Waals surface area contributed by atoms with E-state index in [0.717, 1.165) is 13.0 Å². The monoisotopic (exact) mass is 229 g/mol. The number of aliphatic hydroxyl groups excluding tert-OH is 1. The molecule has 16 heavy (non-hydrogen) atoms. The summed E-state index contributed by atoms with van der Waals surface area (Å²) in [5.41, 5.74) is 0. The van der Waals surface area contributed by atoms with E-state index in [1.54, 1.807) is 0 Å². The van der Waals surface area contributed by atoms with Gasteiger partial charge in [0.15, 0.2) is 0 Å². The van der Waals surface area contributed by atoms with Gasteiger partial charge in [0.1, 0.15) is 0 Å². The Morgan fingerprint density at radius 1 is 1.00 bits per heavy atom. The van der Waals surface area contributed by atoms with Gasteiger partial charge in [-0.15, -0.1) is 0 Å². The Hall–Kier alpha value is -0.0800. The van der Waals surface area contributed by atoms with E-state index >= 15 is 0 Å². The van der Waals surface area contributed by atoms with E-state index < -0.39 is 0 Å². The third kappa shape index (κ3) is 9.17. The highest BCUT2D eigenvalue weighted by molar-refractivity contribution is 4.66. The molecule has 0 aliphatic heterocycles. The zero-order valence-electron chi connectivity index (χ0n) is 11.5. The third-order valence-corrected chi connectivity index (χ3v) is 3.23. The van der Waals surface area contributed by atoms with E-state index in [9.17, 15) is 0 Å². The van der Waals surface area contributed by atoms with Gasteiger partial charge in [0.2, 0.25) is 0 Å². The van der Waals surface area contributed by atoms with Gasteiger partial charge in [0, 0.05) is 12.6 Å². The van der Waals surface area contributed by atoms with Crippen molar-refractivity contribution in [2.45, 2.75) is 71.8 Å². The molecule has 98 valence electrons. The van der Waals surface area contributed by atoms with Crippen LogP contribution in [0.4, 0.5) is 0 Å². The molecule has 0 aromatic rings. The fourth-order valence-corrected chi connectivity index (χ4v) is 2.11. The first kappa shape index (κ1) is 15.9. The molecule has 0 aromatic heterocycles. The lowest BCUT2D eigenvalue weighted by atomic mass is 9.99. The molecule has 2 heteroatoms. The average Bonchev–Trinajstić information content (AvgIpc) is 2.27. The molecule has 0 aliphatic rings. The SMILES string of the molecule is CCCCCC(C)NCC(CCC)CCO. The molecule has 0 radical (unpaired) electrons. The van der Waals surface area contributed by atoms with E-state index in [0.29, 0.717) is 18.6 Å². The van der Waals surface area contributed by atoms with Crippen LogP contribution in [0.5, 0.6) is 0 Å². The Morgan fingerprint density at radius 2 is 1.75 bits per heavy atom. The summed E-state index contributed by atoms with van der Waals surface area (Å²) in [5.74, 6) is 0.656.